The van der Waals surface area contributed by atoms with Crippen LogP contribution in [0.25, 0.3) is 0 Å². The van der Waals surface area contributed by atoms with Gasteiger partial charge in [-0.15, -0.1) is 0 Å². The van der Waals surface area contributed by atoms with E-state index in [0.717, 1.165) is 36.8 Å². The summed E-state index contributed by atoms with van der Waals surface area (Å²) >= 11 is 6.25. The van der Waals surface area contributed by atoms with E-state index in [0.29, 0.717) is 68.5 Å². The molecule has 48 heavy (non-hydrogen) atoms. The predicted octanol–water partition coefficient (Wildman–Crippen LogP) is 8.92. The molecule has 7 heteroatoms. The van der Waals surface area contributed by atoms with Crippen LogP contribution in [0.5, 0.6) is 0 Å². The van der Waals surface area contributed by atoms with Gasteiger partial charge < -0.3 is 19.7 Å². The summed E-state index contributed by atoms with van der Waals surface area (Å²) in [7, 11) is 0. The molecule has 1 N–H and O–H groups in total. The first-order chi connectivity index (χ1) is 23.0. The third-order valence-electron chi connectivity index (χ3n) is 9.37. The molecule has 260 valence electrons. The average Bonchev–Trinajstić information content (AvgIpc) is 3.08. The molecule has 1 atom stereocenters. The molecule has 6 nitrogen and oxygen atoms in total. The van der Waals surface area contributed by atoms with Gasteiger partial charge in [0.2, 0.25) is 5.91 Å². The van der Waals surface area contributed by atoms with Crippen LogP contribution in [0.3, 0.4) is 0 Å². The SMILES string of the molecule is CC(C)c1ccc(C(=O)NCCOCCOCCN(Cc2ccc(C(C)(C)C)cc2)C(=O)C(c2ccc(Cl)cc2)C2CCCCC2)cc1. The molecule has 0 aliphatic heterocycles. The average molecular weight is 675 g/mol. The molecular formula is C41H55ClN2O4. The Bertz CT molecular complexity index is 1410. The molecule has 0 saturated heterocycles. The number of nitrogens with one attached hydrogen (secondary N) is 1. The molecule has 1 fully saturated rings. The van der Waals surface area contributed by atoms with Crippen LogP contribution in [0, 0.1) is 5.92 Å². The second kappa shape index (κ2) is 18.5. The van der Waals surface area contributed by atoms with Gasteiger partial charge in [0.1, 0.15) is 0 Å². The number of carbonyl (C=O) groups is 2. The number of halogens is 1. The maximum absolute atomic E-state index is 14.5. The van der Waals surface area contributed by atoms with Gasteiger partial charge in [0.05, 0.1) is 32.3 Å². The lowest BCUT2D eigenvalue weighted by Crippen LogP contribution is -2.40. The zero-order chi connectivity index (χ0) is 34.5. The smallest absolute Gasteiger partial charge is 0.251 e. The van der Waals surface area contributed by atoms with E-state index in [1.54, 1.807) is 0 Å². The van der Waals surface area contributed by atoms with Gasteiger partial charge in [0.25, 0.3) is 5.91 Å². The molecule has 1 saturated carbocycles. The number of hydrogen-bond donors (Lipinski definition) is 1. The zero-order valence-electron chi connectivity index (χ0n) is 29.6. The van der Waals surface area contributed by atoms with Crippen LogP contribution < -0.4 is 5.32 Å². The number of amides is 2. The highest BCUT2D eigenvalue weighted by Crippen LogP contribution is 2.38. The van der Waals surface area contributed by atoms with Crippen molar-refractivity contribution in [1.82, 2.24) is 10.2 Å². The first-order valence-electron chi connectivity index (χ1n) is 17.7. The second-order valence-electron chi connectivity index (χ2n) is 14.4. The highest BCUT2D eigenvalue weighted by molar-refractivity contribution is 6.30. The topological polar surface area (TPSA) is 67.9 Å². The van der Waals surface area contributed by atoms with Gasteiger partial charge in [-0.2, -0.15) is 0 Å². The Kier molecular flexibility index (Phi) is 14.5. The summed E-state index contributed by atoms with van der Waals surface area (Å²) in [5.74, 6) is 0.585. The molecule has 1 unspecified atom stereocenters. The second-order valence-corrected chi connectivity index (χ2v) is 14.8. The molecule has 4 rings (SSSR count). The summed E-state index contributed by atoms with van der Waals surface area (Å²) in [5, 5.41) is 3.59. The number of hydrogen-bond acceptors (Lipinski definition) is 4. The van der Waals surface area contributed by atoms with Crippen LogP contribution in [0.4, 0.5) is 0 Å². The van der Waals surface area contributed by atoms with E-state index in [2.05, 4.69) is 64.2 Å². The Labute approximate surface area is 293 Å². The van der Waals surface area contributed by atoms with Gasteiger partial charge in [-0.3, -0.25) is 9.59 Å². The van der Waals surface area contributed by atoms with Gasteiger partial charge >= 0.3 is 0 Å². The minimum Gasteiger partial charge on any atom is -0.377 e. The van der Waals surface area contributed by atoms with E-state index in [4.69, 9.17) is 21.1 Å². The third kappa shape index (κ3) is 11.5. The Hall–Kier alpha value is -3.19. The van der Waals surface area contributed by atoms with Gasteiger partial charge in [0, 0.05) is 30.2 Å². The van der Waals surface area contributed by atoms with E-state index >= 15 is 0 Å². The molecule has 0 bridgehead atoms. The quantitative estimate of drug-likeness (QED) is 0.154. The lowest BCUT2D eigenvalue weighted by molar-refractivity contribution is -0.136. The van der Waals surface area contributed by atoms with E-state index < -0.39 is 0 Å². The first kappa shape index (κ1) is 37.6. The first-order valence-corrected chi connectivity index (χ1v) is 18.1. The van der Waals surface area contributed by atoms with Gasteiger partial charge in [-0.25, -0.2) is 0 Å². The van der Waals surface area contributed by atoms with Crippen molar-refractivity contribution in [2.45, 2.75) is 90.5 Å². The predicted molar refractivity (Wildman–Crippen MR) is 196 cm³/mol. The Morgan fingerprint density at radius 2 is 1.42 bits per heavy atom. The lowest BCUT2D eigenvalue weighted by atomic mass is 9.76. The van der Waals surface area contributed by atoms with Crippen LogP contribution in [-0.2, 0) is 26.2 Å². The minimum absolute atomic E-state index is 0.0653. The van der Waals surface area contributed by atoms with Crippen molar-refractivity contribution in [3.63, 3.8) is 0 Å². The van der Waals surface area contributed by atoms with Crippen LogP contribution in [0.15, 0.2) is 72.8 Å². The highest BCUT2D eigenvalue weighted by atomic mass is 35.5. The van der Waals surface area contributed by atoms with E-state index in [1.165, 1.54) is 17.5 Å². The summed E-state index contributed by atoms with van der Waals surface area (Å²) < 4.78 is 11.7. The van der Waals surface area contributed by atoms with Crippen molar-refractivity contribution < 1.29 is 19.1 Å². The molecule has 1 aliphatic carbocycles. The van der Waals surface area contributed by atoms with Crippen LogP contribution in [0.1, 0.15) is 111 Å². The maximum Gasteiger partial charge on any atom is 0.251 e. The largest absolute Gasteiger partial charge is 0.377 e. The summed E-state index contributed by atoms with van der Waals surface area (Å²) in [6, 6.07) is 24.2. The fourth-order valence-electron chi connectivity index (χ4n) is 6.40. The number of ether oxygens (including phenoxy) is 2. The number of carbonyl (C=O) groups excluding carboxylic acids is 2. The fourth-order valence-corrected chi connectivity index (χ4v) is 6.53. The minimum atomic E-state index is -0.205. The zero-order valence-corrected chi connectivity index (χ0v) is 30.4. The third-order valence-corrected chi connectivity index (χ3v) is 9.62. The Morgan fingerprint density at radius 1 is 0.812 bits per heavy atom. The lowest BCUT2D eigenvalue weighted by Gasteiger charge is -2.34. The number of benzene rings is 3. The van der Waals surface area contributed by atoms with E-state index in [1.807, 2.05) is 53.4 Å². The molecule has 2 amide bonds. The standard InChI is InChI=1S/C41H55ClN2O4/c1-30(2)32-13-15-35(16-14-32)39(45)43-23-25-47-27-28-48-26-24-44(29-31-11-19-36(20-12-31)41(3,4)5)40(46)38(33-9-7-6-8-10-33)34-17-21-37(42)22-18-34/h11-22,30,33,38H,6-10,23-29H2,1-5H3,(H,43,45). The molecule has 0 spiro atoms. The summed E-state index contributed by atoms with van der Waals surface area (Å²) in [4.78, 5) is 28.9. The molecule has 0 radical (unpaired) electrons. The van der Waals surface area contributed by atoms with Crippen LogP contribution >= 0.6 is 11.6 Å². The molecular weight excluding hydrogens is 620 g/mol. The highest BCUT2D eigenvalue weighted by Gasteiger charge is 2.34. The fraction of sp³-hybridized carbons (Fsp3) is 0.512. The number of nitrogens with zero attached hydrogens (tertiary/aromatic N) is 1. The van der Waals surface area contributed by atoms with Gasteiger partial charge in [-0.05, 0) is 76.6 Å². The van der Waals surface area contributed by atoms with Crippen molar-refractivity contribution >= 4 is 23.4 Å². The van der Waals surface area contributed by atoms with Crippen LogP contribution in [0.2, 0.25) is 5.02 Å². The summed E-state index contributed by atoms with van der Waals surface area (Å²) in [6.07, 6.45) is 5.68. The van der Waals surface area contributed by atoms with Crippen molar-refractivity contribution in [1.29, 1.82) is 0 Å². The molecule has 0 heterocycles. The van der Waals surface area contributed by atoms with Gasteiger partial charge in [0.15, 0.2) is 0 Å². The van der Waals surface area contributed by atoms with Crippen molar-refractivity contribution in [2.24, 2.45) is 5.92 Å². The van der Waals surface area contributed by atoms with E-state index in [9.17, 15) is 9.59 Å². The molecule has 3 aromatic carbocycles. The summed E-state index contributed by atoms with van der Waals surface area (Å²) in [6.45, 7) is 14.0. The van der Waals surface area contributed by atoms with Gasteiger partial charge in [-0.1, -0.05) is 114 Å². The van der Waals surface area contributed by atoms with Crippen molar-refractivity contribution in [3.05, 3.63) is 106 Å². The molecule has 3 aromatic rings. The van der Waals surface area contributed by atoms with Crippen molar-refractivity contribution in [2.75, 3.05) is 39.5 Å². The van der Waals surface area contributed by atoms with Crippen molar-refractivity contribution in [3.8, 4) is 0 Å². The number of rotatable bonds is 16. The van der Waals surface area contributed by atoms with Crippen LogP contribution in [-0.4, -0.2) is 56.2 Å². The molecule has 1 aliphatic rings. The Morgan fingerprint density at radius 3 is 2.02 bits per heavy atom. The molecule has 0 aromatic heterocycles. The monoisotopic (exact) mass is 674 g/mol. The Balaban J connectivity index is 1.31. The normalized spacial score (nSPS) is 14.6. The summed E-state index contributed by atoms with van der Waals surface area (Å²) in [5.41, 5.74) is 5.34. The maximum atomic E-state index is 14.5. The van der Waals surface area contributed by atoms with E-state index in [-0.39, 0.29) is 23.1 Å².